The van der Waals surface area contributed by atoms with E-state index in [0.717, 1.165) is 46.4 Å². The fourth-order valence-electron chi connectivity index (χ4n) is 3.69. The molecule has 3 rings (SSSR count). The number of aliphatic imine (C=N–C) groups is 1. The number of allylic oxidation sites excluding steroid dienone is 2. The fourth-order valence-corrected chi connectivity index (χ4v) is 3.69. The molecular weight excluding hydrogens is 411 g/mol. The molecule has 0 radical (unpaired) electrons. The largest absolute Gasteiger partial charge is 0.365 e. The smallest absolute Gasteiger partial charge is 0.137 e. The van der Waals surface area contributed by atoms with E-state index < -0.39 is 0 Å². The second kappa shape index (κ2) is 11.5. The number of hydrogen-bond acceptors (Lipinski definition) is 4. The van der Waals surface area contributed by atoms with E-state index in [1.54, 1.807) is 13.4 Å². The van der Waals surface area contributed by atoms with E-state index in [4.69, 9.17) is 0 Å². The highest BCUT2D eigenvalue weighted by Crippen LogP contribution is 2.34. The Morgan fingerprint density at radius 2 is 1.85 bits per heavy atom. The molecule has 0 aliphatic heterocycles. The maximum absolute atomic E-state index is 13.5. The molecule has 0 aliphatic rings. The molecule has 0 bridgehead atoms. The van der Waals surface area contributed by atoms with Gasteiger partial charge in [0.05, 0.1) is 5.52 Å². The van der Waals surface area contributed by atoms with Gasteiger partial charge >= 0.3 is 0 Å². The summed E-state index contributed by atoms with van der Waals surface area (Å²) in [4.78, 5) is 13.4. The summed E-state index contributed by atoms with van der Waals surface area (Å²) in [6.45, 7) is 9.15. The Balaban J connectivity index is 2.05. The zero-order chi connectivity index (χ0) is 23.8. The number of rotatable bonds is 9. The van der Waals surface area contributed by atoms with Crippen molar-refractivity contribution in [3.63, 3.8) is 0 Å². The van der Waals surface area contributed by atoms with Gasteiger partial charge in [-0.15, -0.1) is 0 Å². The first-order valence-corrected chi connectivity index (χ1v) is 11.6. The van der Waals surface area contributed by atoms with E-state index >= 15 is 0 Å². The molecule has 0 aliphatic carbocycles. The summed E-state index contributed by atoms with van der Waals surface area (Å²) in [6.07, 6.45) is 9.89. The lowest BCUT2D eigenvalue weighted by Crippen LogP contribution is -2.07. The van der Waals surface area contributed by atoms with Gasteiger partial charge in [-0.3, -0.25) is 4.99 Å². The van der Waals surface area contributed by atoms with Gasteiger partial charge in [0.25, 0.3) is 0 Å². The monoisotopic (exact) mass is 444 g/mol. The first-order valence-electron chi connectivity index (χ1n) is 11.6. The Hall–Kier alpha value is -3.34. The standard InChI is InChI=1S/C28H33FN4/c1-6-8-21(10-9-20(4)30-5)17-31-28-26-16-23(22-11-13-24(29)14-12-22)15-25(19(3)7-2)27(26)32-18-33-28/h8-16,18-19H,6-7,17H2,1-5H3,(H,31,32,33)/b10-9-,21-8-,30-20?. The number of aromatic nitrogens is 2. The van der Waals surface area contributed by atoms with Crippen LogP contribution < -0.4 is 5.32 Å². The molecule has 0 saturated heterocycles. The SMILES string of the molecule is CC/C=C(/C=C\C(C)=NC)CNc1ncnc2c(C(C)CC)cc(-c3ccc(F)cc3)cc12. The van der Waals surface area contributed by atoms with E-state index in [1.807, 2.05) is 25.1 Å². The Kier molecular flexibility index (Phi) is 8.47. The van der Waals surface area contributed by atoms with Crippen LogP contribution in [0.2, 0.25) is 0 Å². The normalized spacial score (nSPS) is 13.6. The zero-order valence-electron chi connectivity index (χ0n) is 20.2. The molecule has 2 aromatic carbocycles. The van der Waals surface area contributed by atoms with Gasteiger partial charge in [-0.05, 0) is 78.3 Å². The molecule has 0 spiro atoms. The molecule has 1 aromatic heterocycles. The molecular formula is C28H33FN4. The van der Waals surface area contributed by atoms with Gasteiger partial charge in [0, 0.05) is 24.7 Å². The van der Waals surface area contributed by atoms with Crippen LogP contribution in [0, 0.1) is 5.82 Å². The predicted molar refractivity (Wildman–Crippen MR) is 139 cm³/mol. The molecule has 5 heteroatoms. The molecule has 1 unspecified atom stereocenters. The number of halogens is 1. The van der Waals surface area contributed by atoms with Gasteiger partial charge in [0.2, 0.25) is 0 Å². The summed E-state index contributed by atoms with van der Waals surface area (Å²) in [5.41, 5.74) is 6.30. The van der Waals surface area contributed by atoms with E-state index in [9.17, 15) is 4.39 Å². The lowest BCUT2D eigenvalue weighted by atomic mass is 9.91. The molecule has 3 aromatic rings. The third kappa shape index (κ3) is 6.13. The van der Waals surface area contributed by atoms with E-state index in [2.05, 4.69) is 65.3 Å². The maximum Gasteiger partial charge on any atom is 0.137 e. The van der Waals surface area contributed by atoms with Crippen LogP contribution in [0.1, 0.15) is 52.0 Å². The highest BCUT2D eigenvalue weighted by Gasteiger charge is 2.15. The van der Waals surface area contributed by atoms with Gasteiger partial charge in [-0.2, -0.15) is 0 Å². The van der Waals surface area contributed by atoms with Crippen LogP contribution in [0.3, 0.4) is 0 Å². The number of nitrogens with one attached hydrogen (secondary N) is 1. The Labute approximate surface area is 196 Å². The molecule has 0 amide bonds. The van der Waals surface area contributed by atoms with Crippen molar-refractivity contribution in [2.24, 2.45) is 4.99 Å². The summed E-state index contributed by atoms with van der Waals surface area (Å²) in [6, 6.07) is 10.9. The first kappa shape index (κ1) is 24.3. The fraction of sp³-hybridized carbons (Fsp3) is 0.321. The molecule has 1 N–H and O–H groups in total. The van der Waals surface area contributed by atoms with Gasteiger partial charge in [-0.1, -0.05) is 45.1 Å². The van der Waals surface area contributed by atoms with Gasteiger partial charge in [0.1, 0.15) is 18.0 Å². The number of anilines is 1. The molecule has 172 valence electrons. The maximum atomic E-state index is 13.5. The second-order valence-corrected chi connectivity index (χ2v) is 8.24. The predicted octanol–water partition coefficient (Wildman–Crippen LogP) is 7.34. The van der Waals surface area contributed by atoms with Crippen LogP contribution in [0.5, 0.6) is 0 Å². The third-order valence-electron chi connectivity index (χ3n) is 5.91. The van der Waals surface area contributed by atoms with Crippen molar-refractivity contribution in [2.75, 3.05) is 18.9 Å². The lowest BCUT2D eigenvalue weighted by Gasteiger charge is -2.17. The van der Waals surface area contributed by atoms with Crippen LogP contribution in [0.25, 0.3) is 22.0 Å². The molecule has 33 heavy (non-hydrogen) atoms. The number of hydrogen-bond donors (Lipinski definition) is 1. The second-order valence-electron chi connectivity index (χ2n) is 8.24. The number of benzene rings is 2. The van der Waals surface area contributed by atoms with Crippen LogP contribution in [-0.4, -0.2) is 29.3 Å². The van der Waals surface area contributed by atoms with Crippen LogP contribution in [0.4, 0.5) is 10.2 Å². The lowest BCUT2D eigenvalue weighted by molar-refractivity contribution is 0.628. The average Bonchev–Trinajstić information content (AvgIpc) is 2.84. The van der Waals surface area contributed by atoms with Gasteiger partial charge in [-0.25, -0.2) is 14.4 Å². The van der Waals surface area contributed by atoms with Crippen molar-refractivity contribution in [3.8, 4) is 11.1 Å². The number of nitrogens with zero attached hydrogens (tertiary/aromatic N) is 3. The van der Waals surface area contributed by atoms with Gasteiger partial charge < -0.3 is 5.32 Å². The number of fused-ring (bicyclic) bond motifs is 1. The van der Waals surface area contributed by atoms with Crippen molar-refractivity contribution >= 4 is 22.4 Å². The minimum absolute atomic E-state index is 0.237. The van der Waals surface area contributed by atoms with E-state index in [-0.39, 0.29) is 5.82 Å². The minimum Gasteiger partial charge on any atom is -0.365 e. The van der Waals surface area contributed by atoms with Crippen molar-refractivity contribution < 1.29 is 4.39 Å². The summed E-state index contributed by atoms with van der Waals surface area (Å²) >= 11 is 0. The van der Waals surface area contributed by atoms with Crippen molar-refractivity contribution in [3.05, 3.63) is 77.9 Å². The Morgan fingerprint density at radius 3 is 2.52 bits per heavy atom. The van der Waals surface area contributed by atoms with Crippen LogP contribution in [-0.2, 0) is 0 Å². The molecule has 4 nitrogen and oxygen atoms in total. The van der Waals surface area contributed by atoms with E-state index in [1.165, 1.54) is 23.3 Å². The van der Waals surface area contributed by atoms with Crippen LogP contribution >= 0.6 is 0 Å². The Bertz CT molecular complexity index is 1180. The quantitative estimate of drug-likeness (QED) is 0.277. The topological polar surface area (TPSA) is 50.2 Å². The summed E-state index contributed by atoms with van der Waals surface area (Å²) in [5.74, 6) is 0.897. The third-order valence-corrected chi connectivity index (χ3v) is 5.91. The highest BCUT2D eigenvalue weighted by atomic mass is 19.1. The van der Waals surface area contributed by atoms with Crippen molar-refractivity contribution in [1.82, 2.24) is 9.97 Å². The molecule has 1 heterocycles. The van der Waals surface area contributed by atoms with Crippen molar-refractivity contribution in [1.29, 1.82) is 0 Å². The Morgan fingerprint density at radius 1 is 1.09 bits per heavy atom. The molecule has 1 atom stereocenters. The van der Waals surface area contributed by atoms with Crippen molar-refractivity contribution in [2.45, 2.75) is 46.5 Å². The highest BCUT2D eigenvalue weighted by molar-refractivity contribution is 5.95. The molecule has 0 fully saturated rings. The zero-order valence-corrected chi connectivity index (χ0v) is 20.2. The first-order chi connectivity index (χ1) is 16.0. The summed E-state index contributed by atoms with van der Waals surface area (Å²) < 4.78 is 13.5. The van der Waals surface area contributed by atoms with E-state index in [0.29, 0.717) is 12.5 Å². The van der Waals surface area contributed by atoms with Crippen LogP contribution in [0.15, 0.2) is 71.5 Å². The average molecular weight is 445 g/mol. The summed E-state index contributed by atoms with van der Waals surface area (Å²) in [7, 11) is 1.79. The minimum atomic E-state index is -0.237. The molecule has 0 saturated carbocycles. The van der Waals surface area contributed by atoms with Gasteiger partial charge in [0.15, 0.2) is 0 Å². The summed E-state index contributed by atoms with van der Waals surface area (Å²) in [5, 5.41) is 4.49.